The van der Waals surface area contributed by atoms with Gasteiger partial charge in [0.2, 0.25) is 0 Å². The van der Waals surface area contributed by atoms with Gasteiger partial charge in [-0.25, -0.2) is 0 Å². The second kappa shape index (κ2) is 5.99. The second-order valence-electron chi connectivity index (χ2n) is 4.11. The molecule has 0 aliphatic heterocycles. The first-order chi connectivity index (χ1) is 7.59. The molecule has 0 heterocycles. The monoisotopic (exact) mass is 236 g/mol. The second-order valence-corrected chi connectivity index (χ2v) is 7.60. The Balaban J connectivity index is 2.52. The fraction of sp³-hybridized carbons (Fsp3) is 0.385. The van der Waals surface area contributed by atoms with Crippen molar-refractivity contribution in [2.45, 2.75) is 19.5 Å². The first-order valence-corrected chi connectivity index (χ1v) is 8.30. The van der Waals surface area contributed by atoms with Crippen LogP contribution in [0.2, 0.25) is 13.1 Å². The summed E-state index contributed by atoms with van der Waals surface area (Å²) in [5.74, 6) is 0. The van der Waals surface area contributed by atoms with Gasteiger partial charge in [-0.1, -0.05) is 36.9 Å². The summed E-state index contributed by atoms with van der Waals surface area (Å²) in [6.07, 6.45) is 2.79. The molecule has 0 bridgehead atoms. The summed E-state index contributed by atoms with van der Waals surface area (Å²) in [6.45, 7) is 8.61. The standard InChI is InChI=1S/C13H20O2Si/c1-5-12-8-6-7-9-13(12)10-11-15-16(3,4)14-2/h5-9H,1,10-11H2,2-4H3. The largest absolute Gasteiger partial charge is 0.398 e. The van der Waals surface area contributed by atoms with E-state index in [1.807, 2.05) is 31.3 Å². The van der Waals surface area contributed by atoms with Gasteiger partial charge in [0.25, 0.3) is 0 Å². The first kappa shape index (κ1) is 13.2. The van der Waals surface area contributed by atoms with E-state index in [9.17, 15) is 0 Å². The lowest BCUT2D eigenvalue weighted by atomic mass is 10.1. The summed E-state index contributed by atoms with van der Waals surface area (Å²) in [7, 11) is -0.172. The molecule has 0 N–H and O–H groups in total. The molecule has 0 aliphatic carbocycles. The van der Waals surface area contributed by atoms with Crippen LogP contribution in [0.5, 0.6) is 0 Å². The van der Waals surface area contributed by atoms with Gasteiger partial charge in [-0.05, 0) is 30.6 Å². The topological polar surface area (TPSA) is 18.5 Å². The number of rotatable bonds is 6. The van der Waals surface area contributed by atoms with Crippen molar-refractivity contribution in [3.8, 4) is 0 Å². The minimum Gasteiger partial charge on any atom is -0.398 e. The van der Waals surface area contributed by atoms with E-state index < -0.39 is 8.56 Å². The molecule has 0 aliphatic rings. The summed E-state index contributed by atoms with van der Waals surface area (Å²) in [6, 6.07) is 8.25. The third-order valence-electron chi connectivity index (χ3n) is 2.59. The maximum absolute atomic E-state index is 5.76. The first-order valence-electron chi connectivity index (χ1n) is 5.48. The SMILES string of the molecule is C=Cc1ccccc1CCO[Si](C)(C)OC. The molecule has 0 saturated heterocycles. The van der Waals surface area contributed by atoms with Gasteiger partial charge < -0.3 is 8.85 Å². The van der Waals surface area contributed by atoms with Crippen LogP contribution >= 0.6 is 0 Å². The molecule has 0 amide bonds. The van der Waals surface area contributed by atoms with E-state index in [0.29, 0.717) is 6.61 Å². The predicted octanol–water partition coefficient (Wildman–Crippen LogP) is 3.24. The Bertz CT molecular complexity index is 348. The molecule has 2 nitrogen and oxygen atoms in total. The molecule has 0 atom stereocenters. The van der Waals surface area contributed by atoms with E-state index in [1.165, 1.54) is 11.1 Å². The number of hydrogen-bond donors (Lipinski definition) is 0. The van der Waals surface area contributed by atoms with Crippen LogP contribution in [0.15, 0.2) is 30.8 Å². The highest BCUT2D eigenvalue weighted by molar-refractivity contribution is 6.64. The van der Waals surface area contributed by atoms with Crippen LogP contribution in [0, 0.1) is 0 Å². The summed E-state index contributed by atoms with van der Waals surface area (Å²) >= 11 is 0. The van der Waals surface area contributed by atoms with Gasteiger partial charge in [-0.2, -0.15) is 0 Å². The minimum atomic E-state index is -1.88. The van der Waals surface area contributed by atoms with Crippen molar-refractivity contribution in [3.05, 3.63) is 42.0 Å². The van der Waals surface area contributed by atoms with Crippen LogP contribution in [-0.2, 0) is 15.3 Å². The number of benzene rings is 1. The summed E-state index contributed by atoms with van der Waals surface area (Å²) in [5, 5.41) is 0. The molecule has 0 saturated carbocycles. The van der Waals surface area contributed by atoms with E-state index in [4.69, 9.17) is 8.85 Å². The molecule has 0 radical (unpaired) electrons. The molecule has 1 aromatic carbocycles. The Hall–Kier alpha value is -0.903. The van der Waals surface area contributed by atoms with Crippen LogP contribution in [0.1, 0.15) is 11.1 Å². The van der Waals surface area contributed by atoms with Crippen molar-refractivity contribution in [3.63, 3.8) is 0 Å². The van der Waals surface area contributed by atoms with Crippen molar-refractivity contribution < 1.29 is 8.85 Å². The molecular weight excluding hydrogens is 216 g/mol. The lowest BCUT2D eigenvalue weighted by Gasteiger charge is -2.20. The van der Waals surface area contributed by atoms with Crippen LogP contribution in [-0.4, -0.2) is 22.3 Å². The lowest BCUT2D eigenvalue weighted by molar-refractivity contribution is 0.213. The van der Waals surface area contributed by atoms with Gasteiger partial charge in [-0.15, -0.1) is 0 Å². The van der Waals surface area contributed by atoms with Gasteiger partial charge >= 0.3 is 8.56 Å². The third-order valence-corrected chi connectivity index (χ3v) is 4.47. The summed E-state index contributed by atoms with van der Waals surface area (Å²) in [5.41, 5.74) is 2.46. The minimum absolute atomic E-state index is 0.706. The maximum atomic E-state index is 5.76. The van der Waals surface area contributed by atoms with Crippen LogP contribution in [0.4, 0.5) is 0 Å². The summed E-state index contributed by atoms with van der Waals surface area (Å²) in [4.78, 5) is 0. The molecular formula is C13H20O2Si. The van der Waals surface area contributed by atoms with Gasteiger partial charge in [-0.3, -0.25) is 0 Å². The molecule has 0 aromatic heterocycles. The quantitative estimate of drug-likeness (QED) is 0.706. The molecule has 88 valence electrons. The molecule has 16 heavy (non-hydrogen) atoms. The van der Waals surface area contributed by atoms with Crippen molar-refractivity contribution in [1.29, 1.82) is 0 Å². The average Bonchev–Trinajstić information content (AvgIpc) is 2.29. The highest BCUT2D eigenvalue weighted by atomic mass is 28.4. The molecule has 0 unspecified atom stereocenters. The fourth-order valence-corrected chi connectivity index (χ4v) is 2.14. The van der Waals surface area contributed by atoms with Crippen molar-refractivity contribution in [1.82, 2.24) is 0 Å². The van der Waals surface area contributed by atoms with Gasteiger partial charge in [0.1, 0.15) is 0 Å². The summed E-state index contributed by atoms with van der Waals surface area (Å²) < 4.78 is 11.1. The van der Waals surface area contributed by atoms with Crippen LogP contribution in [0.3, 0.4) is 0 Å². The molecule has 0 fully saturated rings. The van der Waals surface area contributed by atoms with Gasteiger partial charge in [0.05, 0.1) is 0 Å². The Morgan fingerprint density at radius 2 is 2.00 bits per heavy atom. The zero-order valence-corrected chi connectivity index (χ0v) is 11.3. The van der Waals surface area contributed by atoms with E-state index in [1.54, 1.807) is 7.11 Å². The zero-order valence-electron chi connectivity index (χ0n) is 10.3. The Kier molecular flexibility index (Phi) is 4.93. The zero-order chi connectivity index (χ0) is 12.0. The Labute approximate surface area is 99.2 Å². The average molecular weight is 236 g/mol. The number of hydrogen-bond acceptors (Lipinski definition) is 2. The highest BCUT2D eigenvalue weighted by Crippen LogP contribution is 2.12. The molecule has 1 aromatic rings. The van der Waals surface area contributed by atoms with E-state index in [2.05, 4.69) is 18.7 Å². The van der Waals surface area contributed by atoms with Crippen molar-refractivity contribution in [2.24, 2.45) is 0 Å². The normalized spacial score (nSPS) is 11.4. The van der Waals surface area contributed by atoms with E-state index in [-0.39, 0.29) is 0 Å². The van der Waals surface area contributed by atoms with Crippen molar-refractivity contribution >= 4 is 14.6 Å². The van der Waals surface area contributed by atoms with Gasteiger partial charge in [0, 0.05) is 13.7 Å². The Morgan fingerprint density at radius 1 is 1.31 bits per heavy atom. The lowest BCUT2D eigenvalue weighted by Crippen LogP contribution is -2.34. The molecule has 3 heteroatoms. The van der Waals surface area contributed by atoms with Gasteiger partial charge in [0.15, 0.2) is 0 Å². The van der Waals surface area contributed by atoms with Crippen LogP contribution in [0.25, 0.3) is 6.08 Å². The molecule has 1 rings (SSSR count). The Morgan fingerprint density at radius 3 is 2.62 bits per heavy atom. The third kappa shape index (κ3) is 3.93. The van der Waals surface area contributed by atoms with Crippen LogP contribution < -0.4 is 0 Å². The van der Waals surface area contributed by atoms with E-state index in [0.717, 1.165) is 6.42 Å². The molecule has 0 spiro atoms. The fourth-order valence-electron chi connectivity index (χ4n) is 1.43. The van der Waals surface area contributed by atoms with E-state index >= 15 is 0 Å². The maximum Gasteiger partial charge on any atom is 0.331 e. The predicted molar refractivity (Wildman–Crippen MR) is 70.7 cm³/mol. The van der Waals surface area contributed by atoms with Crippen molar-refractivity contribution in [2.75, 3.05) is 13.7 Å². The highest BCUT2D eigenvalue weighted by Gasteiger charge is 2.21. The smallest absolute Gasteiger partial charge is 0.331 e.